The van der Waals surface area contributed by atoms with Gasteiger partial charge < -0.3 is 10.0 Å². The molecule has 1 unspecified atom stereocenters. The predicted molar refractivity (Wildman–Crippen MR) is 134 cm³/mol. The average Bonchev–Trinajstić information content (AvgIpc) is 3.55. The van der Waals surface area contributed by atoms with Gasteiger partial charge in [-0.15, -0.1) is 10.2 Å². The van der Waals surface area contributed by atoms with Crippen molar-refractivity contribution < 1.29 is 18.7 Å². The van der Waals surface area contributed by atoms with E-state index in [1.807, 2.05) is 12.1 Å². The van der Waals surface area contributed by atoms with Gasteiger partial charge in [0.1, 0.15) is 16.6 Å². The van der Waals surface area contributed by atoms with Crippen molar-refractivity contribution in [1.82, 2.24) is 19.8 Å². The molecule has 2 aliphatic carbocycles. The number of nitrogens with zero attached hydrogens (tertiary/aromatic N) is 5. The molecule has 1 spiro atoms. The molecular formula is C26H23F2N5O3S. The summed E-state index contributed by atoms with van der Waals surface area (Å²) in [6.45, 7) is 0. The van der Waals surface area contributed by atoms with Crippen LogP contribution >= 0.6 is 11.3 Å². The molecule has 6 rings (SSSR count). The molecule has 1 aromatic carbocycles. The molecule has 3 aromatic rings. The number of likely N-dealkylation sites (N-methyl/N-ethyl adjacent to an activating group) is 2. The number of pyridine rings is 1. The minimum absolute atomic E-state index is 0.0671. The Balaban J connectivity index is 1.44. The normalized spacial score (nSPS) is 20.7. The molecule has 1 atom stereocenters. The van der Waals surface area contributed by atoms with Gasteiger partial charge in [-0.1, -0.05) is 35.1 Å². The summed E-state index contributed by atoms with van der Waals surface area (Å²) in [6.07, 6.45) is 9.16. The quantitative estimate of drug-likeness (QED) is 0.563. The first-order valence-corrected chi connectivity index (χ1v) is 12.7. The molecule has 11 heteroatoms. The second kappa shape index (κ2) is 8.34. The van der Waals surface area contributed by atoms with Crippen molar-refractivity contribution in [3.8, 4) is 16.3 Å². The Bertz CT molecular complexity index is 1590. The fourth-order valence-electron chi connectivity index (χ4n) is 5.73. The van der Waals surface area contributed by atoms with Gasteiger partial charge >= 0.3 is 0 Å². The van der Waals surface area contributed by atoms with Crippen LogP contribution in [0.5, 0.6) is 5.75 Å². The maximum Gasteiger partial charge on any atom is 0.278 e. The summed E-state index contributed by atoms with van der Waals surface area (Å²) in [5.41, 5.74) is 1.08. The van der Waals surface area contributed by atoms with Crippen LogP contribution in [0.15, 0.2) is 52.5 Å². The zero-order chi connectivity index (χ0) is 26.1. The number of carbonyl (C=O) groups excluding carboxylic acids is 1. The van der Waals surface area contributed by atoms with Crippen molar-refractivity contribution in [3.63, 3.8) is 0 Å². The van der Waals surface area contributed by atoms with Crippen LogP contribution in [0, 0.1) is 11.6 Å². The number of halogens is 2. The van der Waals surface area contributed by atoms with Crippen LogP contribution < -0.4 is 10.4 Å². The molecule has 0 saturated carbocycles. The molecular weight excluding hydrogens is 500 g/mol. The van der Waals surface area contributed by atoms with E-state index in [0.29, 0.717) is 11.4 Å². The van der Waals surface area contributed by atoms with E-state index in [0.717, 1.165) is 42.2 Å². The number of aromatic nitrogens is 3. The Labute approximate surface area is 214 Å². The van der Waals surface area contributed by atoms with Gasteiger partial charge in [0, 0.05) is 32.8 Å². The molecule has 8 nitrogen and oxygen atoms in total. The zero-order valence-corrected chi connectivity index (χ0v) is 21.0. The molecule has 0 saturated heterocycles. The molecule has 3 aliphatic rings. The van der Waals surface area contributed by atoms with Crippen LogP contribution in [0.4, 0.5) is 8.78 Å². The fourth-order valence-corrected chi connectivity index (χ4v) is 6.60. The second-order valence-electron chi connectivity index (χ2n) is 9.51. The summed E-state index contributed by atoms with van der Waals surface area (Å²) < 4.78 is 28.9. The average molecular weight is 524 g/mol. The smallest absolute Gasteiger partial charge is 0.278 e. The van der Waals surface area contributed by atoms with Crippen LogP contribution in [-0.2, 0) is 6.42 Å². The van der Waals surface area contributed by atoms with Crippen molar-refractivity contribution in [1.29, 1.82) is 0 Å². The van der Waals surface area contributed by atoms with Crippen LogP contribution in [-0.4, -0.2) is 50.5 Å². The monoisotopic (exact) mass is 523 g/mol. The van der Waals surface area contributed by atoms with E-state index in [4.69, 9.17) is 0 Å². The summed E-state index contributed by atoms with van der Waals surface area (Å²) in [5, 5.41) is 21.6. The van der Waals surface area contributed by atoms with E-state index in [2.05, 4.69) is 22.3 Å². The van der Waals surface area contributed by atoms with Gasteiger partial charge in [-0.2, -0.15) is 0 Å². The van der Waals surface area contributed by atoms with Crippen LogP contribution in [0.3, 0.4) is 0 Å². The molecule has 0 fully saturated rings. The van der Waals surface area contributed by atoms with Crippen LogP contribution in [0.2, 0.25) is 0 Å². The number of carbonyl (C=O) groups is 1. The molecule has 1 N–H and O–H groups in total. The van der Waals surface area contributed by atoms with Crippen molar-refractivity contribution in [2.75, 3.05) is 19.1 Å². The van der Waals surface area contributed by atoms with Gasteiger partial charge in [0.25, 0.3) is 5.91 Å². The summed E-state index contributed by atoms with van der Waals surface area (Å²) in [4.78, 5) is 28.3. The standard InChI is InChI=1S/C26H23F2N5O3S/c1-31-25(36)21-23(35)22(34)17(24-30-29-20(37-24)11-15-8-9-16(27)12-19(15)28)13-33(21)32(2)26(31)10-4-6-14-5-3-7-18(14)26/h3,7-9,12-13,35H,4-6,10-11H2,1-2H3. The maximum atomic E-state index is 14.1. The van der Waals surface area contributed by atoms with E-state index < -0.39 is 34.4 Å². The Morgan fingerprint density at radius 1 is 1.19 bits per heavy atom. The summed E-state index contributed by atoms with van der Waals surface area (Å²) in [7, 11) is 3.54. The lowest BCUT2D eigenvalue weighted by Crippen LogP contribution is -2.69. The number of benzene rings is 1. The van der Waals surface area contributed by atoms with Gasteiger partial charge in [0.15, 0.2) is 22.1 Å². The second-order valence-corrected chi connectivity index (χ2v) is 10.6. The number of allylic oxidation sites excluding steroid dienone is 2. The Morgan fingerprint density at radius 2 is 2.00 bits per heavy atom. The number of hydrogen-bond acceptors (Lipinski definition) is 7. The molecule has 3 heterocycles. The van der Waals surface area contributed by atoms with Gasteiger partial charge in [-0.3, -0.25) is 19.3 Å². The topological polar surface area (TPSA) is 91.6 Å². The van der Waals surface area contributed by atoms with E-state index in [9.17, 15) is 23.5 Å². The van der Waals surface area contributed by atoms with E-state index in [1.165, 1.54) is 28.6 Å². The number of fused-ring (bicyclic) bond motifs is 2. The lowest BCUT2D eigenvalue weighted by Gasteiger charge is -2.55. The number of hydrogen-bond donors (Lipinski definition) is 1. The molecule has 0 radical (unpaired) electrons. The first kappa shape index (κ1) is 23.5. The lowest BCUT2D eigenvalue weighted by molar-refractivity contribution is 0.0452. The highest BCUT2D eigenvalue weighted by molar-refractivity contribution is 7.14. The van der Waals surface area contributed by atoms with Gasteiger partial charge in [-0.25, -0.2) is 8.78 Å². The fraction of sp³-hybridized carbons (Fsp3) is 0.308. The maximum absolute atomic E-state index is 14.1. The molecule has 2 aromatic heterocycles. The molecule has 37 heavy (non-hydrogen) atoms. The Morgan fingerprint density at radius 3 is 2.78 bits per heavy atom. The largest absolute Gasteiger partial charge is 0.502 e. The third-order valence-corrected chi connectivity index (χ3v) is 8.56. The van der Waals surface area contributed by atoms with Crippen molar-refractivity contribution in [2.24, 2.45) is 0 Å². The highest BCUT2D eigenvalue weighted by atomic mass is 32.1. The van der Waals surface area contributed by atoms with Crippen molar-refractivity contribution >= 4 is 17.2 Å². The molecule has 0 bridgehead atoms. The summed E-state index contributed by atoms with van der Waals surface area (Å²) >= 11 is 1.07. The summed E-state index contributed by atoms with van der Waals surface area (Å²) in [6, 6.07) is 3.31. The van der Waals surface area contributed by atoms with Crippen LogP contribution in [0.25, 0.3) is 10.6 Å². The first-order valence-electron chi connectivity index (χ1n) is 11.9. The first-order chi connectivity index (χ1) is 17.7. The van der Waals surface area contributed by atoms with Gasteiger partial charge in [-0.05, 0) is 42.9 Å². The van der Waals surface area contributed by atoms with E-state index >= 15 is 0 Å². The SMILES string of the molecule is CN1C(=O)c2c(O)c(=O)c(-c3nnc(Cc4ccc(F)cc4F)s3)cn2N(C)C12CCCC1=C2C=CC1. The van der Waals surface area contributed by atoms with Gasteiger partial charge in [0.05, 0.1) is 5.56 Å². The third-order valence-electron chi connectivity index (χ3n) is 7.60. The Kier molecular flexibility index (Phi) is 5.30. The van der Waals surface area contributed by atoms with E-state index in [1.54, 1.807) is 11.9 Å². The van der Waals surface area contributed by atoms with Crippen molar-refractivity contribution in [3.05, 3.63) is 85.8 Å². The molecule has 190 valence electrons. The van der Waals surface area contributed by atoms with Gasteiger partial charge in [0.2, 0.25) is 5.43 Å². The number of aromatic hydroxyl groups is 1. The van der Waals surface area contributed by atoms with Crippen molar-refractivity contribution in [2.45, 2.75) is 37.8 Å². The zero-order valence-electron chi connectivity index (χ0n) is 20.2. The summed E-state index contributed by atoms with van der Waals surface area (Å²) in [5.74, 6) is -2.48. The Hall–Kier alpha value is -3.86. The number of rotatable bonds is 3. The lowest BCUT2D eigenvalue weighted by atomic mass is 9.81. The predicted octanol–water partition coefficient (Wildman–Crippen LogP) is 3.73. The minimum atomic E-state index is -0.754. The third kappa shape index (κ3) is 3.37. The molecule has 1 aliphatic heterocycles. The highest BCUT2D eigenvalue weighted by Gasteiger charge is 2.52. The highest BCUT2D eigenvalue weighted by Crippen LogP contribution is 2.46. The van der Waals surface area contributed by atoms with E-state index in [-0.39, 0.29) is 28.2 Å². The number of amides is 1. The minimum Gasteiger partial charge on any atom is -0.502 e. The van der Waals surface area contributed by atoms with Crippen LogP contribution in [0.1, 0.15) is 46.7 Å². The molecule has 1 amide bonds.